The van der Waals surface area contributed by atoms with E-state index >= 15 is 0 Å². The number of aryl methyl sites for hydroxylation is 1. The molecular weight excluding hydrogens is 160 g/mol. The van der Waals surface area contributed by atoms with Crippen LogP contribution in [-0.4, -0.2) is 5.11 Å². The highest BCUT2D eigenvalue weighted by Crippen LogP contribution is 2.25. The Bertz CT molecular complexity index is 201. The zero-order valence-electron chi connectivity index (χ0n) is 7.06. The Labute approximate surface area is 72.6 Å². The molecule has 62 valence electrons. The highest BCUT2D eigenvalue weighted by Gasteiger charge is 1.97. The molecule has 0 saturated heterocycles. The molecule has 0 aliphatic rings. The number of halogens is 1. The quantitative estimate of drug-likeness (QED) is 0.636. The van der Waals surface area contributed by atoms with E-state index < -0.39 is 0 Å². The Morgan fingerprint density at radius 3 is 2.18 bits per heavy atom. The second kappa shape index (κ2) is 5.03. The van der Waals surface area contributed by atoms with Gasteiger partial charge in [0, 0.05) is 0 Å². The van der Waals surface area contributed by atoms with E-state index in [1.54, 1.807) is 25.1 Å². The van der Waals surface area contributed by atoms with Crippen molar-refractivity contribution in [2.45, 2.75) is 20.8 Å². The van der Waals surface area contributed by atoms with E-state index in [-0.39, 0.29) is 5.75 Å². The van der Waals surface area contributed by atoms with Crippen molar-refractivity contribution < 1.29 is 5.11 Å². The first-order valence-electron chi connectivity index (χ1n) is 3.66. The largest absolute Gasteiger partial charge is 0.506 e. The first-order valence-corrected chi connectivity index (χ1v) is 4.03. The van der Waals surface area contributed by atoms with Crippen molar-refractivity contribution in [1.82, 2.24) is 0 Å². The van der Waals surface area contributed by atoms with E-state index in [2.05, 4.69) is 0 Å². The van der Waals surface area contributed by atoms with Gasteiger partial charge in [-0.2, -0.15) is 0 Å². The molecule has 0 spiro atoms. The Kier molecular flexibility index (Phi) is 4.71. The molecule has 0 aromatic heterocycles. The molecule has 0 unspecified atom stereocenters. The Morgan fingerprint density at radius 1 is 1.27 bits per heavy atom. The monoisotopic (exact) mass is 172 g/mol. The predicted molar refractivity (Wildman–Crippen MR) is 49.2 cm³/mol. The van der Waals surface area contributed by atoms with Gasteiger partial charge in [0.15, 0.2) is 0 Å². The average molecular weight is 173 g/mol. The average Bonchev–Trinajstić information content (AvgIpc) is 2.04. The van der Waals surface area contributed by atoms with Crippen molar-refractivity contribution >= 4 is 11.6 Å². The van der Waals surface area contributed by atoms with Gasteiger partial charge in [-0.15, -0.1) is 0 Å². The van der Waals surface area contributed by atoms with Gasteiger partial charge in [0.25, 0.3) is 0 Å². The van der Waals surface area contributed by atoms with Crippen LogP contribution < -0.4 is 0 Å². The smallest absolute Gasteiger partial charge is 0.137 e. The molecule has 0 fully saturated rings. The van der Waals surface area contributed by atoms with Crippen molar-refractivity contribution in [2.24, 2.45) is 0 Å². The second-order valence-corrected chi connectivity index (χ2v) is 2.31. The molecule has 0 atom stereocenters. The third-order valence-electron chi connectivity index (χ3n) is 1.19. The van der Waals surface area contributed by atoms with Gasteiger partial charge in [-0.3, -0.25) is 0 Å². The summed E-state index contributed by atoms with van der Waals surface area (Å²) in [5, 5.41) is 9.49. The minimum atomic E-state index is 0.180. The van der Waals surface area contributed by atoms with Crippen LogP contribution in [0.15, 0.2) is 18.2 Å². The standard InChI is InChI=1S/C7H7ClO.C2H6/c1-5-3-2-4-6(8)7(5)9;1-2/h2-4,9H,1H3;1-2H3. The van der Waals surface area contributed by atoms with Crippen molar-refractivity contribution in [3.05, 3.63) is 28.8 Å². The van der Waals surface area contributed by atoms with Crippen molar-refractivity contribution in [3.8, 4) is 5.75 Å². The van der Waals surface area contributed by atoms with Crippen LogP contribution >= 0.6 is 11.6 Å². The number of phenols is 1. The molecule has 1 N–H and O–H groups in total. The number of para-hydroxylation sites is 1. The summed E-state index contributed by atoms with van der Waals surface area (Å²) in [6.07, 6.45) is 0. The van der Waals surface area contributed by atoms with Crippen molar-refractivity contribution in [1.29, 1.82) is 0 Å². The summed E-state index contributed by atoms with van der Waals surface area (Å²) < 4.78 is 0. The molecule has 0 bridgehead atoms. The van der Waals surface area contributed by atoms with Crippen molar-refractivity contribution in [3.63, 3.8) is 0 Å². The first-order chi connectivity index (χ1) is 5.22. The number of hydrogen-bond donors (Lipinski definition) is 1. The highest BCUT2D eigenvalue weighted by molar-refractivity contribution is 6.32. The van der Waals surface area contributed by atoms with Crippen LogP contribution in [0.1, 0.15) is 19.4 Å². The number of hydrogen-bond acceptors (Lipinski definition) is 1. The molecule has 0 radical (unpaired) electrons. The fourth-order valence-corrected chi connectivity index (χ4v) is 0.845. The Hall–Kier alpha value is -0.690. The molecule has 0 aliphatic heterocycles. The number of rotatable bonds is 0. The predicted octanol–water partition coefficient (Wildman–Crippen LogP) is 3.38. The number of benzene rings is 1. The lowest BCUT2D eigenvalue weighted by Crippen LogP contribution is -1.72. The highest BCUT2D eigenvalue weighted by atomic mass is 35.5. The molecule has 0 heterocycles. The lowest BCUT2D eigenvalue weighted by molar-refractivity contribution is 0.471. The van der Waals surface area contributed by atoms with E-state index in [9.17, 15) is 0 Å². The zero-order chi connectivity index (χ0) is 8.85. The van der Waals surface area contributed by atoms with Crippen LogP contribution in [0.3, 0.4) is 0 Å². The van der Waals surface area contributed by atoms with Crippen LogP contribution in [0.4, 0.5) is 0 Å². The summed E-state index contributed by atoms with van der Waals surface area (Å²) in [6, 6.07) is 5.27. The minimum absolute atomic E-state index is 0.180. The van der Waals surface area contributed by atoms with Gasteiger partial charge in [0.2, 0.25) is 0 Å². The van der Waals surface area contributed by atoms with E-state index in [1.807, 2.05) is 13.8 Å². The van der Waals surface area contributed by atoms with Crippen LogP contribution in [0.5, 0.6) is 5.75 Å². The molecule has 1 nitrogen and oxygen atoms in total. The van der Waals surface area contributed by atoms with Gasteiger partial charge in [-0.05, 0) is 18.6 Å². The number of aromatic hydroxyl groups is 1. The summed E-state index contributed by atoms with van der Waals surface area (Å²) in [5.74, 6) is 0.180. The molecule has 0 saturated carbocycles. The molecule has 11 heavy (non-hydrogen) atoms. The minimum Gasteiger partial charge on any atom is -0.506 e. The summed E-state index contributed by atoms with van der Waals surface area (Å²) in [4.78, 5) is 0. The topological polar surface area (TPSA) is 20.2 Å². The molecule has 0 amide bonds. The maximum Gasteiger partial charge on any atom is 0.137 e. The summed E-state index contributed by atoms with van der Waals surface area (Å²) in [5.41, 5.74) is 0.808. The maximum absolute atomic E-state index is 9.07. The Balaban J connectivity index is 0.000000461. The lowest BCUT2D eigenvalue weighted by atomic mass is 10.2. The van der Waals surface area contributed by atoms with Gasteiger partial charge < -0.3 is 5.11 Å². The van der Waals surface area contributed by atoms with Crippen LogP contribution in [-0.2, 0) is 0 Å². The van der Waals surface area contributed by atoms with E-state index in [4.69, 9.17) is 16.7 Å². The van der Waals surface area contributed by atoms with Gasteiger partial charge in [-0.25, -0.2) is 0 Å². The van der Waals surface area contributed by atoms with Crippen LogP contribution in [0.2, 0.25) is 5.02 Å². The van der Waals surface area contributed by atoms with Gasteiger partial charge in [0.1, 0.15) is 5.75 Å². The van der Waals surface area contributed by atoms with E-state index in [1.165, 1.54) is 0 Å². The summed E-state index contributed by atoms with van der Waals surface area (Å²) in [6.45, 7) is 5.81. The lowest BCUT2D eigenvalue weighted by Gasteiger charge is -1.97. The fourth-order valence-electron chi connectivity index (χ4n) is 0.623. The Morgan fingerprint density at radius 2 is 1.82 bits per heavy atom. The van der Waals surface area contributed by atoms with E-state index in [0.717, 1.165) is 5.56 Å². The molecular formula is C9H13ClO. The molecule has 2 heteroatoms. The SMILES string of the molecule is CC.Cc1cccc(Cl)c1O. The second-order valence-electron chi connectivity index (χ2n) is 1.91. The molecule has 0 aliphatic carbocycles. The summed E-state index contributed by atoms with van der Waals surface area (Å²) >= 11 is 5.56. The zero-order valence-corrected chi connectivity index (χ0v) is 7.81. The summed E-state index contributed by atoms with van der Waals surface area (Å²) in [7, 11) is 0. The first kappa shape index (κ1) is 10.3. The van der Waals surface area contributed by atoms with Gasteiger partial charge in [0.05, 0.1) is 5.02 Å². The van der Waals surface area contributed by atoms with Gasteiger partial charge >= 0.3 is 0 Å². The molecule has 1 aromatic rings. The van der Waals surface area contributed by atoms with Crippen molar-refractivity contribution in [2.75, 3.05) is 0 Å². The van der Waals surface area contributed by atoms with Crippen LogP contribution in [0.25, 0.3) is 0 Å². The fraction of sp³-hybridized carbons (Fsp3) is 0.333. The molecule has 1 aromatic carbocycles. The number of phenolic OH excluding ortho intramolecular Hbond substituents is 1. The molecule has 1 rings (SSSR count). The van der Waals surface area contributed by atoms with Gasteiger partial charge in [-0.1, -0.05) is 37.6 Å². The third-order valence-corrected chi connectivity index (χ3v) is 1.49. The maximum atomic E-state index is 9.07. The van der Waals surface area contributed by atoms with E-state index in [0.29, 0.717) is 5.02 Å². The van der Waals surface area contributed by atoms with Crippen LogP contribution in [0, 0.1) is 6.92 Å². The normalized spacial score (nSPS) is 8.36. The third kappa shape index (κ3) is 2.81.